The third kappa shape index (κ3) is 3.67. The first-order valence-electron chi connectivity index (χ1n) is 8.11. The summed E-state index contributed by atoms with van der Waals surface area (Å²) in [6.45, 7) is 5.07. The summed E-state index contributed by atoms with van der Waals surface area (Å²) in [4.78, 5) is 28.7. The predicted molar refractivity (Wildman–Crippen MR) is 93.0 cm³/mol. The maximum Gasteiger partial charge on any atom is 0.240 e. The average Bonchev–Trinajstić information content (AvgIpc) is 2.95. The van der Waals surface area contributed by atoms with E-state index in [1.807, 2.05) is 28.0 Å². The van der Waals surface area contributed by atoms with Crippen molar-refractivity contribution in [2.24, 2.45) is 0 Å². The maximum atomic E-state index is 12.6. The highest BCUT2D eigenvalue weighted by atomic mass is 35.5. The smallest absolute Gasteiger partial charge is 0.240 e. The van der Waals surface area contributed by atoms with Gasteiger partial charge in [-0.25, -0.2) is 0 Å². The summed E-state index contributed by atoms with van der Waals surface area (Å²) >= 11 is 0. The number of rotatable bonds is 4. The normalized spacial score (nSPS) is 20.2. The number of piperazine rings is 1. The number of nitrogens with zero attached hydrogens (tertiary/aromatic N) is 2. The van der Waals surface area contributed by atoms with Crippen LogP contribution in [0.2, 0.25) is 0 Å². The molecule has 1 saturated heterocycles. The standard InChI is InChI=1S/C17H23N3O2.ClH/c1-2-9-19-11-8-18-14(17(19)22)12-16(21)20-10-7-13-5-3-4-6-15(13)20;/h3-6,14,18H,2,7-12H2,1H3;1H. The van der Waals surface area contributed by atoms with Crippen molar-refractivity contribution in [1.82, 2.24) is 10.2 Å². The Bertz CT molecular complexity index is 577. The van der Waals surface area contributed by atoms with Crippen LogP contribution in [0.5, 0.6) is 0 Å². The molecule has 6 heteroatoms. The molecular weight excluding hydrogens is 314 g/mol. The minimum atomic E-state index is -0.374. The molecule has 0 aliphatic carbocycles. The Labute approximate surface area is 143 Å². The van der Waals surface area contributed by atoms with E-state index in [1.165, 1.54) is 5.56 Å². The molecule has 0 aromatic heterocycles. The van der Waals surface area contributed by atoms with Crippen LogP contribution in [0, 0.1) is 0 Å². The van der Waals surface area contributed by atoms with Gasteiger partial charge < -0.3 is 15.1 Å². The molecule has 1 aromatic carbocycles. The molecule has 23 heavy (non-hydrogen) atoms. The number of hydrogen-bond acceptors (Lipinski definition) is 3. The molecule has 2 aliphatic rings. The molecule has 2 aliphatic heterocycles. The molecule has 1 fully saturated rings. The van der Waals surface area contributed by atoms with Crippen molar-refractivity contribution in [3.8, 4) is 0 Å². The number of nitrogens with one attached hydrogen (secondary N) is 1. The van der Waals surface area contributed by atoms with Crippen LogP contribution < -0.4 is 10.2 Å². The van der Waals surface area contributed by atoms with Gasteiger partial charge in [-0.2, -0.15) is 0 Å². The third-order valence-corrected chi connectivity index (χ3v) is 4.44. The second-order valence-electron chi connectivity index (χ2n) is 5.96. The lowest BCUT2D eigenvalue weighted by atomic mass is 10.1. The summed E-state index contributed by atoms with van der Waals surface area (Å²) in [6.07, 6.45) is 2.09. The highest BCUT2D eigenvalue weighted by molar-refractivity contribution is 5.98. The van der Waals surface area contributed by atoms with Crippen LogP contribution >= 0.6 is 12.4 Å². The number of para-hydroxylation sites is 1. The summed E-state index contributed by atoms with van der Waals surface area (Å²) < 4.78 is 0. The van der Waals surface area contributed by atoms with Crippen LogP contribution in [0.4, 0.5) is 5.69 Å². The minimum absolute atomic E-state index is 0. The molecule has 3 rings (SSSR count). The zero-order chi connectivity index (χ0) is 15.5. The van der Waals surface area contributed by atoms with Crippen LogP contribution in [0.3, 0.4) is 0 Å². The molecule has 0 radical (unpaired) electrons. The van der Waals surface area contributed by atoms with E-state index in [-0.39, 0.29) is 36.7 Å². The molecule has 2 amide bonds. The molecule has 1 atom stereocenters. The van der Waals surface area contributed by atoms with Crippen molar-refractivity contribution in [3.63, 3.8) is 0 Å². The van der Waals surface area contributed by atoms with Gasteiger partial charge >= 0.3 is 0 Å². The first kappa shape index (κ1) is 17.8. The van der Waals surface area contributed by atoms with Gasteiger partial charge in [0.15, 0.2) is 0 Å². The van der Waals surface area contributed by atoms with E-state index in [1.54, 1.807) is 0 Å². The van der Waals surface area contributed by atoms with Crippen molar-refractivity contribution in [3.05, 3.63) is 29.8 Å². The Morgan fingerprint density at radius 3 is 2.87 bits per heavy atom. The van der Waals surface area contributed by atoms with E-state index in [4.69, 9.17) is 0 Å². The fourth-order valence-corrected chi connectivity index (χ4v) is 3.33. The van der Waals surface area contributed by atoms with Gasteiger partial charge in [-0.3, -0.25) is 9.59 Å². The fourth-order valence-electron chi connectivity index (χ4n) is 3.33. The number of carbonyl (C=O) groups is 2. The second-order valence-corrected chi connectivity index (χ2v) is 5.96. The van der Waals surface area contributed by atoms with Gasteiger partial charge in [0, 0.05) is 31.9 Å². The highest BCUT2D eigenvalue weighted by Gasteiger charge is 2.32. The van der Waals surface area contributed by atoms with Gasteiger partial charge in [-0.05, 0) is 24.5 Å². The Morgan fingerprint density at radius 2 is 2.09 bits per heavy atom. The van der Waals surface area contributed by atoms with Crippen molar-refractivity contribution in [2.75, 3.05) is 31.1 Å². The van der Waals surface area contributed by atoms with Crippen molar-refractivity contribution >= 4 is 29.9 Å². The quantitative estimate of drug-likeness (QED) is 0.908. The first-order valence-corrected chi connectivity index (χ1v) is 8.11. The second kappa shape index (κ2) is 7.79. The van der Waals surface area contributed by atoms with Crippen LogP contribution in [0.25, 0.3) is 0 Å². The van der Waals surface area contributed by atoms with Crippen molar-refractivity contribution in [2.45, 2.75) is 32.2 Å². The SMILES string of the molecule is CCCN1CCNC(CC(=O)N2CCc3ccccc32)C1=O.Cl. The number of benzene rings is 1. The Hall–Kier alpha value is -1.59. The Kier molecular flexibility index (Phi) is 6.02. The topological polar surface area (TPSA) is 52.7 Å². The summed E-state index contributed by atoms with van der Waals surface area (Å²) in [6, 6.07) is 7.63. The zero-order valence-electron chi connectivity index (χ0n) is 13.5. The number of anilines is 1. The molecule has 2 heterocycles. The lowest BCUT2D eigenvalue weighted by Gasteiger charge is -2.33. The van der Waals surface area contributed by atoms with Crippen LogP contribution in [-0.4, -0.2) is 48.9 Å². The summed E-state index contributed by atoms with van der Waals surface area (Å²) in [5.74, 6) is 0.100. The molecule has 1 N–H and O–H groups in total. The molecule has 0 spiro atoms. The predicted octanol–water partition coefficient (Wildman–Crippen LogP) is 1.60. The van der Waals surface area contributed by atoms with Crippen LogP contribution in [0.15, 0.2) is 24.3 Å². The van der Waals surface area contributed by atoms with E-state index < -0.39 is 0 Å². The molecule has 0 bridgehead atoms. The largest absolute Gasteiger partial charge is 0.340 e. The van der Waals surface area contributed by atoms with E-state index in [0.717, 1.165) is 44.7 Å². The molecule has 0 saturated carbocycles. The van der Waals surface area contributed by atoms with Gasteiger partial charge in [0.05, 0.1) is 12.5 Å². The minimum Gasteiger partial charge on any atom is -0.340 e. The summed E-state index contributed by atoms with van der Waals surface area (Å²) in [5.41, 5.74) is 2.22. The van der Waals surface area contributed by atoms with Crippen molar-refractivity contribution < 1.29 is 9.59 Å². The number of hydrogen-bond donors (Lipinski definition) is 1. The van der Waals surface area contributed by atoms with Gasteiger partial charge in [0.25, 0.3) is 0 Å². The number of carbonyl (C=O) groups excluding carboxylic acids is 2. The first-order chi connectivity index (χ1) is 10.7. The van der Waals surface area contributed by atoms with Gasteiger partial charge in [0.2, 0.25) is 11.8 Å². The van der Waals surface area contributed by atoms with E-state index in [9.17, 15) is 9.59 Å². The van der Waals surface area contributed by atoms with Gasteiger partial charge in [0.1, 0.15) is 0 Å². The van der Waals surface area contributed by atoms with Gasteiger partial charge in [-0.1, -0.05) is 25.1 Å². The molecule has 1 aromatic rings. The molecule has 5 nitrogen and oxygen atoms in total. The molecule has 126 valence electrons. The summed E-state index contributed by atoms with van der Waals surface area (Å²) in [5, 5.41) is 3.20. The van der Waals surface area contributed by atoms with Crippen molar-refractivity contribution in [1.29, 1.82) is 0 Å². The van der Waals surface area contributed by atoms with E-state index in [0.29, 0.717) is 0 Å². The number of amides is 2. The number of fused-ring (bicyclic) bond motifs is 1. The lowest BCUT2D eigenvalue weighted by molar-refractivity contribution is -0.137. The lowest BCUT2D eigenvalue weighted by Crippen LogP contribution is -2.56. The van der Waals surface area contributed by atoms with E-state index in [2.05, 4.69) is 18.3 Å². The number of halogens is 1. The van der Waals surface area contributed by atoms with Gasteiger partial charge in [-0.15, -0.1) is 12.4 Å². The maximum absolute atomic E-state index is 12.6. The highest BCUT2D eigenvalue weighted by Crippen LogP contribution is 2.28. The fraction of sp³-hybridized carbons (Fsp3) is 0.529. The van der Waals surface area contributed by atoms with Crippen LogP contribution in [0.1, 0.15) is 25.3 Å². The third-order valence-electron chi connectivity index (χ3n) is 4.44. The molecule has 1 unspecified atom stereocenters. The monoisotopic (exact) mass is 337 g/mol. The summed E-state index contributed by atoms with van der Waals surface area (Å²) in [7, 11) is 0. The average molecular weight is 338 g/mol. The van der Waals surface area contributed by atoms with Crippen LogP contribution in [-0.2, 0) is 16.0 Å². The van der Waals surface area contributed by atoms with E-state index >= 15 is 0 Å². The zero-order valence-corrected chi connectivity index (χ0v) is 14.3. The Morgan fingerprint density at radius 1 is 1.30 bits per heavy atom. The molecular formula is C17H24ClN3O2. The Balaban J connectivity index is 0.00000192.